The number of rotatable bonds is 4. The second-order valence-corrected chi connectivity index (χ2v) is 6.99. The zero-order valence-electron chi connectivity index (χ0n) is 18.5. The van der Waals surface area contributed by atoms with Crippen LogP contribution in [0.3, 0.4) is 0 Å². The van der Waals surface area contributed by atoms with Gasteiger partial charge in [-0.05, 0) is 62.8 Å². The Morgan fingerprint density at radius 1 is 0.935 bits per heavy atom. The number of hydrogen-bond acceptors (Lipinski definition) is 6. The van der Waals surface area contributed by atoms with Gasteiger partial charge in [0.25, 0.3) is 0 Å². The molecule has 1 unspecified atom stereocenters. The van der Waals surface area contributed by atoms with E-state index < -0.39 is 0 Å². The number of hydrogen-bond donors (Lipinski definition) is 2. The second-order valence-electron chi connectivity index (χ2n) is 6.99. The molecule has 4 rings (SSSR count). The van der Waals surface area contributed by atoms with Crippen molar-refractivity contribution in [2.24, 2.45) is 10.9 Å². The topological polar surface area (TPSA) is 86.3 Å². The van der Waals surface area contributed by atoms with Crippen LogP contribution in [0, 0.1) is 0 Å². The van der Waals surface area contributed by atoms with E-state index in [0.29, 0.717) is 0 Å². The van der Waals surface area contributed by atoms with Gasteiger partial charge in [0.05, 0.1) is 19.9 Å². The lowest BCUT2D eigenvalue weighted by Crippen LogP contribution is -2.04. The van der Waals surface area contributed by atoms with E-state index in [1.165, 1.54) is 11.1 Å². The number of ether oxygens (including phenoxy) is 3. The molecule has 2 aromatic carbocycles. The van der Waals surface area contributed by atoms with Gasteiger partial charge in [-0.15, -0.1) is 0 Å². The van der Waals surface area contributed by atoms with Crippen LogP contribution in [-0.2, 0) is 17.6 Å². The highest BCUT2D eigenvalue weighted by Crippen LogP contribution is 2.35. The van der Waals surface area contributed by atoms with Gasteiger partial charge < -0.3 is 25.2 Å². The highest BCUT2D eigenvalue weighted by molar-refractivity contribution is 6.04. The Kier molecular flexibility index (Phi) is 11.7. The molecule has 0 radical (unpaired) electrons. The van der Waals surface area contributed by atoms with Gasteiger partial charge in [-0.1, -0.05) is 36.8 Å². The summed E-state index contributed by atoms with van der Waals surface area (Å²) in [6.45, 7) is 5.67. The number of benzene rings is 2. The number of oxime groups is 1. The van der Waals surface area contributed by atoms with Gasteiger partial charge in [0, 0.05) is 30.4 Å². The minimum absolute atomic E-state index is 0. The molecule has 0 heterocycles. The lowest BCUT2D eigenvalue weighted by Gasteiger charge is -2.07. The molecule has 2 aliphatic carbocycles. The van der Waals surface area contributed by atoms with Gasteiger partial charge in [-0.3, -0.25) is 0 Å². The largest absolute Gasteiger partial charge is 0.496 e. The van der Waals surface area contributed by atoms with E-state index in [1.807, 2.05) is 44.2 Å². The fourth-order valence-electron chi connectivity index (χ4n) is 3.82. The maximum atomic E-state index is 8.72. The molecule has 172 valence electrons. The SMILES string of the molecule is C.CCOCC.COc1cccc2c1CC/C2=N\O.COc1cccc2c1CCC2N. The maximum absolute atomic E-state index is 8.72. The van der Waals surface area contributed by atoms with E-state index in [1.54, 1.807) is 14.2 Å². The van der Waals surface area contributed by atoms with Crippen LogP contribution in [-0.4, -0.2) is 38.4 Å². The fraction of sp³-hybridized carbons (Fsp3) is 0.480. The van der Waals surface area contributed by atoms with Gasteiger partial charge in [-0.25, -0.2) is 0 Å². The molecular formula is C25H38N2O4. The molecule has 0 aromatic heterocycles. The molecule has 0 bridgehead atoms. The fourth-order valence-corrected chi connectivity index (χ4v) is 3.82. The van der Waals surface area contributed by atoms with Crippen molar-refractivity contribution in [2.75, 3.05) is 27.4 Å². The summed E-state index contributed by atoms with van der Waals surface area (Å²) < 4.78 is 15.3. The molecule has 0 saturated heterocycles. The predicted molar refractivity (Wildman–Crippen MR) is 127 cm³/mol. The summed E-state index contributed by atoms with van der Waals surface area (Å²) in [5.41, 5.74) is 11.4. The van der Waals surface area contributed by atoms with Crippen molar-refractivity contribution in [3.05, 3.63) is 58.7 Å². The van der Waals surface area contributed by atoms with E-state index in [0.717, 1.165) is 67.2 Å². The number of nitrogens with two attached hydrogens (primary N) is 1. The van der Waals surface area contributed by atoms with Crippen LogP contribution in [0.4, 0.5) is 0 Å². The average Bonchev–Trinajstić information content (AvgIpc) is 3.38. The molecule has 0 fully saturated rings. The van der Waals surface area contributed by atoms with Crippen molar-refractivity contribution in [1.29, 1.82) is 0 Å². The number of nitrogens with zero attached hydrogens (tertiary/aromatic N) is 1. The van der Waals surface area contributed by atoms with Gasteiger partial charge in [0.1, 0.15) is 11.5 Å². The first-order valence-corrected chi connectivity index (χ1v) is 10.5. The predicted octanol–water partition coefficient (Wildman–Crippen LogP) is 5.14. The Hall–Kier alpha value is -2.57. The number of methoxy groups -OCH3 is 2. The Bertz CT molecular complexity index is 834. The molecule has 3 N–H and O–H groups in total. The van der Waals surface area contributed by atoms with Crippen LogP contribution in [0.25, 0.3) is 0 Å². The third kappa shape index (κ3) is 6.71. The van der Waals surface area contributed by atoms with Gasteiger partial charge in [-0.2, -0.15) is 0 Å². The van der Waals surface area contributed by atoms with Gasteiger partial charge in [0.15, 0.2) is 0 Å². The van der Waals surface area contributed by atoms with Crippen LogP contribution in [0.2, 0.25) is 0 Å². The molecule has 6 heteroatoms. The van der Waals surface area contributed by atoms with E-state index in [2.05, 4.69) is 11.2 Å². The lowest BCUT2D eigenvalue weighted by molar-refractivity contribution is 0.162. The molecular weight excluding hydrogens is 392 g/mol. The van der Waals surface area contributed by atoms with E-state index in [-0.39, 0.29) is 13.5 Å². The van der Waals surface area contributed by atoms with Crippen LogP contribution in [0.15, 0.2) is 41.6 Å². The van der Waals surface area contributed by atoms with Crippen LogP contribution < -0.4 is 15.2 Å². The summed E-state index contributed by atoms with van der Waals surface area (Å²) in [4.78, 5) is 0. The minimum atomic E-state index is 0. The second kappa shape index (κ2) is 13.7. The molecule has 31 heavy (non-hydrogen) atoms. The lowest BCUT2D eigenvalue weighted by atomic mass is 10.1. The van der Waals surface area contributed by atoms with Crippen molar-refractivity contribution < 1.29 is 19.4 Å². The summed E-state index contributed by atoms with van der Waals surface area (Å²) in [5.74, 6) is 1.87. The molecule has 0 aliphatic heterocycles. The summed E-state index contributed by atoms with van der Waals surface area (Å²) >= 11 is 0. The van der Waals surface area contributed by atoms with E-state index in [4.69, 9.17) is 25.2 Å². The van der Waals surface area contributed by atoms with Crippen molar-refractivity contribution in [1.82, 2.24) is 0 Å². The smallest absolute Gasteiger partial charge is 0.122 e. The quantitative estimate of drug-likeness (QED) is 0.518. The zero-order chi connectivity index (χ0) is 21.9. The van der Waals surface area contributed by atoms with E-state index in [9.17, 15) is 0 Å². The van der Waals surface area contributed by atoms with Crippen molar-refractivity contribution in [3.8, 4) is 11.5 Å². The third-order valence-electron chi connectivity index (χ3n) is 5.30. The molecule has 1 atom stereocenters. The van der Waals surface area contributed by atoms with Crippen LogP contribution >= 0.6 is 0 Å². The molecule has 6 nitrogen and oxygen atoms in total. The number of fused-ring (bicyclic) bond motifs is 2. The van der Waals surface area contributed by atoms with Crippen molar-refractivity contribution >= 4 is 5.71 Å². The Balaban J connectivity index is 0.000000250. The summed E-state index contributed by atoms with van der Waals surface area (Å²) in [7, 11) is 3.36. The standard InChI is InChI=1S/C10H11NO2.C10H13NO.C4H10O.CH4/c1-13-10-4-2-3-7-8(10)5-6-9(7)11-12;1-12-10-4-2-3-7-8(10)5-6-9(7)11;1-3-5-4-2;/h2-4,12H,5-6H2,1H3;2-4,9H,5-6,11H2,1H3;3-4H2,1-2H3;1H4/b11-9+;;;. The molecule has 0 amide bonds. The zero-order valence-corrected chi connectivity index (χ0v) is 18.5. The highest BCUT2D eigenvalue weighted by Gasteiger charge is 2.22. The van der Waals surface area contributed by atoms with Crippen LogP contribution in [0.1, 0.15) is 62.4 Å². The molecule has 0 saturated carbocycles. The van der Waals surface area contributed by atoms with Crippen LogP contribution in [0.5, 0.6) is 11.5 Å². The summed E-state index contributed by atoms with van der Waals surface area (Å²) in [5, 5.41) is 12.0. The molecule has 2 aromatic rings. The summed E-state index contributed by atoms with van der Waals surface area (Å²) in [6.07, 6.45) is 3.81. The van der Waals surface area contributed by atoms with Gasteiger partial charge in [0.2, 0.25) is 0 Å². The molecule has 2 aliphatic rings. The minimum Gasteiger partial charge on any atom is -0.496 e. The van der Waals surface area contributed by atoms with E-state index >= 15 is 0 Å². The Morgan fingerprint density at radius 2 is 1.55 bits per heavy atom. The Labute approximate surface area is 187 Å². The Morgan fingerprint density at radius 3 is 2.10 bits per heavy atom. The average molecular weight is 431 g/mol. The first-order chi connectivity index (χ1) is 14.6. The first-order valence-electron chi connectivity index (χ1n) is 10.5. The molecule has 0 spiro atoms. The normalized spacial score (nSPS) is 16.7. The first kappa shape index (κ1) is 26.5. The highest BCUT2D eigenvalue weighted by atomic mass is 16.5. The van der Waals surface area contributed by atoms with Crippen molar-refractivity contribution in [3.63, 3.8) is 0 Å². The van der Waals surface area contributed by atoms with Gasteiger partial charge >= 0.3 is 0 Å². The third-order valence-corrected chi connectivity index (χ3v) is 5.30. The summed E-state index contributed by atoms with van der Waals surface area (Å²) in [6, 6.07) is 12.1. The maximum Gasteiger partial charge on any atom is 0.122 e. The van der Waals surface area contributed by atoms with Crippen molar-refractivity contribution in [2.45, 2.75) is 53.0 Å². The monoisotopic (exact) mass is 430 g/mol.